The van der Waals surface area contributed by atoms with E-state index in [0.29, 0.717) is 3.63 Å². The normalized spacial score (nSPS) is 15.1. The zero-order valence-electron chi connectivity index (χ0n) is 23.0. The van der Waals surface area contributed by atoms with Crippen molar-refractivity contribution < 1.29 is 18.3 Å². The topological polar surface area (TPSA) is 0 Å². The third-order valence-corrected chi connectivity index (χ3v) is 26.0. The van der Waals surface area contributed by atoms with Crippen molar-refractivity contribution in [3.05, 3.63) is 152 Å². The summed E-state index contributed by atoms with van der Waals surface area (Å²) >= 11 is -4.17. The summed E-state index contributed by atoms with van der Waals surface area (Å²) in [6.07, 6.45) is 9.97. The molecule has 0 spiro atoms. The second kappa shape index (κ2) is 10.0. The second-order valence-electron chi connectivity index (χ2n) is 12.0. The van der Waals surface area contributed by atoms with E-state index >= 15 is 0 Å². The molecular formula is C37H38Zr. The van der Waals surface area contributed by atoms with Crippen molar-refractivity contribution >= 4 is 3.21 Å². The molecule has 0 heterocycles. The Hall–Kier alpha value is -2.89. The SMILES string of the molecule is CCCCC1=CC[C]([Zr]([CH3])([CH3])(=[C](c2ccccc2)c2ccccc2)[CH]2c3ccccc3-c3ccccc32)=C1. The molecule has 2 aliphatic rings. The molecule has 0 aliphatic heterocycles. The van der Waals surface area contributed by atoms with E-state index in [-0.39, 0.29) is 0 Å². The van der Waals surface area contributed by atoms with Gasteiger partial charge >= 0.3 is 231 Å². The maximum absolute atomic E-state index is 4.17. The van der Waals surface area contributed by atoms with Gasteiger partial charge in [0.05, 0.1) is 0 Å². The van der Waals surface area contributed by atoms with Crippen molar-refractivity contribution in [1.29, 1.82) is 0 Å². The van der Waals surface area contributed by atoms with E-state index in [9.17, 15) is 0 Å². The molecule has 6 rings (SSSR count). The van der Waals surface area contributed by atoms with E-state index in [4.69, 9.17) is 0 Å². The van der Waals surface area contributed by atoms with Crippen molar-refractivity contribution in [1.82, 2.24) is 0 Å². The molecule has 4 aromatic rings. The summed E-state index contributed by atoms with van der Waals surface area (Å²) in [7, 11) is 0. The first-order valence-electron chi connectivity index (χ1n) is 14.3. The van der Waals surface area contributed by atoms with Gasteiger partial charge in [-0.3, -0.25) is 0 Å². The van der Waals surface area contributed by atoms with Crippen LogP contribution in [0.5, 0.6) is 0 Å². The zero-order chi connectivity index (χ0) is 26.2. The van der Waals surface area contributed by atoms with E-state index in [0.717, 1.165) is 6.42 Å². The third-order valence-electron chi connectivity index (χ3n) is 9.35. The van der Waals surface area contributed by atoms with Gasteiger partial charge in [-0.05, 0) is 0 Å². The summed E-state index contributed by atoms with van der Waals surface area (Å²) in [6.45, 7) is 2.30. The Morgan fingerprint density at radius 3 is 1.71 bits per heavy atom. The van der Waals surface area contributed by atoms with Gasteiger partial charge in [-0.2, -0.15) is 0 Å². The average molecular weight is 574 g/mol. The summed E-state index contributed by atoms with van der Waals surface area (Å²) in [5, 5.41) is 0. The van der Waals surface area contributed by atoms with Crippen molar-refractivity contribution in [2.45, 2.75) is 45.5 Å². The van der Waals surface area contributed by atoms with Crippen LogP contribution in [0.4, 0.5) is 0 Å². The monoisotopic (exact) mass is 572 g/mol. The van der Waals surface area contributed by atoms with Gasteiger partial charge in [0.15, 0.2) is 0 Å². The van der Waals surface area contributed by atoms with Gasteiger partial charge in [-0.25, -0.2) is 0 Å². The zero-order valence-corrected chi connectivity index (χ0v) is 25.4. The van der Waals surface area contributed by atoms with Crippen LogP contribution in [0.2, 0.25) is 9.26 Å². The fourth-order valence-electron chi connectivity index (χ4n) is 7.52. The molecule has 0 bridgehead atoms. The van der Waals surface area contributed by atoms with Gasteiger partial charge < -0.3 is 0 Å². The van der Waals surface area contributed by atoms with E-state index in [1.807, 2.05) is 0 Å². The van der Waals surface area contributed by atoms with Crippen LogP contribution in [0.15, 0.2) is 130 Å². The van der Waals surface area contributed by atoms with Crippen LogP contribution in [0.25, 0.3) is 11.1 Å². The molecule has 0 fully saturated rings. The number of hydrogen-bond acceptors (Lipinski definition) is 0. The molecule has 0 aromatic heterocycles. The van der Waals surface area contributed by atoms with Crippen LogP contribution in [0, 0.1) is 0 Å². The molecule has 0 atom stereocenters. The number of unbranched alkanes of at least 4 members (excludes halogenated alkanes) is 1. The van der Waals surface area contributed by atoms with Gasteiger partial charge in [-0.15, -0.1) is 0 Å². The molecule has 4 aromatic carbocycles. The van der Waals surface area contributed by atoms with Crippen molar-refractivity contribution in [3.8, 4) is 11.1 Å². The van der Waals surface area contributed by atoms with Crippen LogP contribution < -0.4 is 0 Å². The first-order valence-corrected chi connectivity index (χ1v) is 23.1. The van der Waals surface area contributed by atoms with Crippen LogP contribution in [0.3, 0.4) is 0 Å². The van der Waals surface area contributed by atoms with Crippen LogP contribution >= 0.6 is 0 Å². The van der Waals surface area contributed by atoms with E-state index < -0.39 is 18.3 Å². The Morgan fingerprint density at radius 2 is 1.18 bits per heavy atom. The molecule has 0 amide bonds. The Morgan fingerprint density at radius 1 is 0.684 bits per heavy atom. The number of allylic oxidation sites excluding steroid dienone is 4. The standard InChI is InChI=1S/C13H9.C13H10.C9H13.2CH3.Zr/c1-3-7-12-10(5-1)9-11-6-2-4-8-13(11)12;1-3-7-12(8-4-1)11-13-9-5-2-6-10-13;1-2-3-6-9-7-4-5-8-9;;;/h1-9H;1-10H;7-8H,2-4,6H2,1H3;2*1H3;. The van der Waals surface area contributed by atoms with Crippen molar-refractivity contribution in [2.75, 3.05) is 0 Å². The number of fused-ring (bicyclic) bond motifs is 3. The molecule has 190 valence electrons. The maximum atomic E-state index is 2.75. The van der Waals surface area contributed by atoms with Gasteiger partial charge in [0.2, 0.25) is 0 Å². The van der Waals surface area contributed by atoms with E-state index in [2.05, 4.69) is 138 Å². The molecule has 0 radical (unpaired) electrons. The number of hydrogen-bond donors (Lipinski definition) is 0. The molecule has 1 heteroatoms. The molecule has 2 aliphatic carbocycles. The van der Waals surface area contributed by atoms with Gasteiger partial charge in [-0.1, -0.05) is 0 Å². The summed E-state index contributed by atoms with van der Waals surface area (Å²) in [4.78, 5) is 0. The summed E-state index contributed by atoms with van der Waals surface area (Å²) in [5.74, 6) is 0. The molecule has 0 nitrogen and oxygen atoms in total. The minimum atomic E-state index is -4.17. The van der Waals surface area contributed by atoms with Gasteiger partial charge in [0.1, 0.15) is 0 Å². The molecule has 0 N–H and O–H groups in total. The second-order valence-corrected chi connectivity index (χ2v) is 28.4. The quantitative estimate of drug-likeness (QED) is 0.206. The third kappa shape index (κ3) is 4.02. The van der Waals surface area contributed by atoms with Crippen molar-refractivity contribution in [3.63, 3.8) is 0 Å². The van der Waals surface area contributed by atoms with Crippen LogP contribution in [-0.2, 0) is 18.3 Å². The average Bonchev–Trinajstić information content (AvgIpc) is 3.57. The molecular weight excluding hydrogens is 536 g/mol. The minimum absolute atomic E-state index is 0.393. The molecule has 38 heavy (non-hydrogen) atoms. The number of rotatable bonds is 7. The Bertz CT molecular complexity index is 1520. The summed E-state index contributed by atoms with van der Waals surface area (Å²) in [5.41, 5.74) is 10.2. The van der Waals surface area contributed by atoms with Crippen LogP contribution in [0.1, 0.15) is 58.5 Å². The summed E-state index contributed by atoms with van der Waals surface area (Å²) in [6, 6.07) is 41.1. The molecule has 0 unspecified atom stereocenters. The van der Waals surface area contributed by atoms with Crippen LogP contribution in [-0.4, -0.2) is 3.21 Å². The first-order chi connectivity index (χ1) is 18.5. The Kier molecular flexibility index (Phi) is 6.69. The van der Waals surface area contributed by atoms with E-state index in [1.165, 1.54) is 52.6 Å². The summed E-state index contributed by atoms with van der Waals surface area (Å²) < 4.78 is 9.23. The first kappa shape index (κ1) is 25.4. The Labute approximate surface area is 229 Å². The molecule has 0 saturated carbocycles. The fraction of sp³-hybridized carbons (Fsp3) is 0.216. The predicted molar refractivity (Wildman–Crippen MR) is 162 cm³/mol. The number of benzene rings is 4. The Balaban J connectivity index is 1.77. The predicted octanol–water partition coefficient (Wildman–Crippen LogP) is 10.2. The molecule has 0 saturated heterocycles. The van der Waals surface area contributed by atoms with E-state index in [1.54, 1.807) is 12.1 Å². The van der Waals surface area contributed by atoms with Crippen molar-refractivity contribution in [2.24, 2.45) is 0 Å². The fourth-order valence-corrected chi connectivity index (χ4v) is 24.3. The van der Waals surface area contributed by atoms with Gasteiger partial charge in [0, 0.05) is 0 Å². The van der Waals surface area contributed by atoms with Gasteiger partial charge in [0.25, 0.3) is 0 Å².